The normalized spacial score (nSPS) is 15.9. The third-order valence-electron chi connectivity index (χ3n) is 3.86. The number of nitrogens with zero attached hydrogens (tertiary/aromatic N) is 1. The first-order valence-corrected chi connectivity index (χ1v) is 6.49. The van der Waals surface area contributed by atoms with Gasteiger partial charge in [-0.1, -0.05) is 30.8 Å². The Balaban J connectivity index is 0.00000133. The molecular weight excluding hydrogens is 298 g/mol. The monoisotopic (exact) mass is 317 g/mol. The Labute approximate surface area is 125 Å². The summed E-state index contributed by atoms with van der Waals surface area (Å²) in [6.45, 7) is 8.56. The van der Waals surface area contributed by atoms with Crippen molar-refractivity contribution in [2.45, 2.75) is 20.0 Å². The molecule has 0 N–H and O–H groups in total. The summed E-state index contributed by atoms with van der Waals surface area (Å²) < 4.78 is 1.05. The summed E-state index contributed by atoms with van der Waals surface area (Å²) in [7, 11) is 4.60. The van der Waals surface area contributed by atoms with E-state index in [0.717, 1.165) is 17.6 Å². The second-order valence-electron chi connectivity index (χ2n) is 6.14. The van der Waals surface area contributed by atoms with Gasteiger partial charge in [-0.25, -0.2) is 0 Å². The molecule has 2 heteroatoms. The van der Waals surface area contributed by atoms with Crippen LogP contribution in [0.3, 0.4) is 0 Å². The van der Waals surface area contributed by atoms with Crippen molar-refractivity contribution >= 4 is 16.3 Å². The molecule has 0 atom stereocenters. The lowest BCUT2D eigenvalue weighted by molar-refractivity contribution is -0.910. The fourth-order valence-electron chi connectivity index (χ4n) is 3.20. The van der Waals surface area contributed by atoms with Crippen molar-refractivity contribution < 1.29 is 21.5 Å². The molecule has 0 spiro atoms. The third-order valence-corrected chi connectivity index (χ3v) is 3.86. The highest BCUT2D eigenvalue weighted by atomic mass is 79.9. The average Bonchev–Trinajstić information content (AvgIpc) is 2.58. The number of halogens is 1. The summed E-state index contributed by atoms with van der Waals surface area (Å²) in [5.41, 5.74) is 5.57. The van der Waals surface area contributed by atoms with Crippen LogP contribution in [0, 0.1) is 0 Å². The second-order valence-corrected chi connectivity index (χ2v) is 6.14. The van der Waals surface area contributed by atoms with E-state index in [9.17, 15) is 0 Å². The molecule has 19 heavy (non-hydrogen) atoms. The topological polar surface area (TPSA) is 0 Å². The van der Waals surface area contributed by atoms with Gasteiger partial charge in [0.05, 0.1) is 14.1 Å². The zero-order valence-corrected chi connectivity index (χ0v) is 13.4. The first-order valence-electron chi connectivity index (χ1n) is 6.49. The van der Waals surface area contributed by atoms with E-state index < -0.39 is 0 Å². The largest absolute Gasteiger partial charge is 1.00 e. The van der Waals surface area contributed by atoms with E-state index in [4.69, 9.17) is 0 Å². The van der Waals surface area contributed by atoms with Crippen LogP contribution in [0.4, 0.5) is 0 Å². The summed E-state index contributed by atoms with van der Waals surface area (Å²) in [4.78, 5) is 0. The molecule has 1 aliphatic heterocycles. The molecule has 0 aromatic heterocycles. The molecule has 0 amide bonds. The lowest BCUT2D eigenvalue weighted by Crippen LogP contribution is -3.00. The zero-order chi connectivity index (χ0) is 12.9. The molecule has 3 rings (SSSR count). The number of quaternary nitrogens is 1. The lowest BCUT2D eigenvalue weighted by atomic mass is 9.92. The van der Waals surface area contributed by atoms with E-state index in [-0.39, 0.29) is 17.0 Å². The molecule has 0 unspecified atom stereocenters. The number of hydrogen-bond donors (Lipinski definition) is 0. The molecule has 2 aromatic carbocycles. The highest BCUT2D eigenvalue weighted by Crippen LogP contribution is 2.37. The molecule has 0 saturated carbocycles. The van der Waals surface area contributed by atoms with Crippen LogP contribution >= 0.6 is 0 Å². The molecule has 0 fully saturated rings. The molecule has 1 heterocycles. The van der Waals surface area contributed by atoms with Gasteiger partial charge in [-0.3, -0.25) is 0 Å². The lowest BCUT2D eigenvalue weighted by Gasteiger charge is -2.22. The molecule has 100 valence electrons. The van der Waals surface area contributed by atoms with Crippen LogP contribution in [-0.2, 0) is 13.1 Å². The van der Waals surface area contributed by atoms with Gasteiger partial charge in [-0.2, -0.15) is 0 Å². The number of benzene rings is 2. The quantitative estimate of drug-likeness (QED) is 0.688. The molecule has 0 aliphatic carbocycles. The van der Waals surface area contributed by atoms with E-state index in [1.54, 1.807) is 0 Å². The van der Waals surface area contributed by atoms with Crippen LogP contribution in [0.1, 0.15) is 23.6 Å². The van der Waals surface area contributed by atoms with Crippen molar-refractivity contribution in [1.29, 1.82) is 0 Å². The van der Waals surface area contributed by atoms with Gasteiger partial charge in [0.15, 0.2) is 0 Å². The molecule has 0 radical (unpaired) electrons. The van der Waals surface area contributed by atoms with Crippen molar-refractivity contribution in [3.63, 3.8) is 0 Å². The minimum absolute atomic E-state index is 0. The minimum Gasteiger partial charge on any atom is -1.00 e. The molecule has 1 aliphatic rings. The molecule has 0 bridgehead atoms. The van der Waals surface area contributed by atoms with Crippen LogP contribution in [0.25, 0.3) is 16.3 Å². The van der Waals surface area contributed by atoms with Gasteiger partial charge in [-0.15, -0.1) is 0 Å². The first kappa shape index (κ1) is 14.3. The van der Waals surface area contributed by atoms with E-state index >= 15 is 0 Å². The smallest absolute Gasteiger partial charge is 0.105 e. The Hall–Kier alpha value is -1.12. The van der Waals surface area contributed by atoms with Gasteiger partial charge in [0.25, 0.3) is 0 Å². The van der Waals surface area contributed by atoms with Gasteiger partial charge in [-0.05, 0) is 34.9 Å². The van der Waals surface area contributed by atoms with Crippen LogP contribution in [0.15, 0.2) is 36.9 Å². The van der Waals surface area contributed by atoms with Gasteiger partial charge in [0.1, 0.15) is 13.1 Å². The Bertz CT molecular complexity index is 656. The van der Waals surface area contributed by atoms with E-state index in [1.807, 2.05) is 0 Å². The van der Waals surface area contributed by atoms with Gasteiger partial charge >= 0.3 is 0 Å². The summed E-state index contributed by atoms with van der Waals surface area (Å²) in [5.74, 6) is 0. The number of fused-ring (bicyclic) bond motifs is 2. The van der Waals surface area contributed by atoms with E-state index in [1.165, 1.54) is 33.0 Å². The summed E-state index contributed by atoms with van der Waals surface area (Å²) in [5, 5.41) is 2.70. The van der Waals surface area contributed by atoms with Crippen LogP contribution in [0.5, 0.6) is 0 Å². The summed E-state index contributed by atoms with van der Waals surface area (Å²) in [6, 6.07) is 11.0. The third kappa shape index (κ3) is 2.35. The maximum Gasteiger partial charge on any atom is 0.105 e. The summed E-state index contributed by atoms with van der Waals surface area (Å²) >= 11 is 0. The summed E-state index contributed by atoms with van der Waals surface area (Å²) in [6.07, 6.45) is 0. The molecule has 2 aromatic rings. The van der Waals surface area contributed by atoms with Crippen molar-refractivity contribution in [2.24, 2.45) is 0 Å². The number of hydrogen-bond acceptors (Lipinski definition) is 0. The minimum atomic E-state index is 0. The Morgan fingerprint density at radius 3 is 2.53 bits per heavy atom. The highest BCUT2D eigenvalue weighted by Gasteiger charge is 2.30. The van der Waals surface area contributed by atoms with Crippen molar-refractivity contribution in [1.82, 2.24) is 0 Å². The predicted octanol–water partition coefficient (Wildman–Crippen LogP) is 0.967. The van der Waals surface area contributed by atoms with Crippen molar-refractivity contribution in [3.05, 3.63) is 53.6 Å². The molecule has 1 nitrogen and oxygen atoms in total. The average molecular weight is 318 g/mol. The maximum absolute atomic E-state index is 4.19. The van der Waals surface area contributed by atoms with E-state index in [2.05, 4.69) is 57.9 Å². The zero-order valence-electron chi connectivity index (χ0n) is 11.8. The van der Waals surface area contributed by atoms with Crippen LogP contribution in [0.2, 0.25) is 0 Å². The second kappa shape index (κ2) is 4.77. The number of allylic oxidation sites excluding steroid dienone is 1. The molecular formula is C17H20BrN. The Morgan fingerprint density at radius 1 is 1.16 bits per heavy atom. The fraction of sp³-hybridized carbons (Fsp3) is 0.294. The standard InChI is InChI=1S/C17H20N.BrH/c1-12(2)17-15-8-6-5-7-13(15)9-14-10-18(3,4)11-16(14)17;/h5-9H,1,10-11H2,2-4H3;1H/q+1;/p-1. The SMILES string of the molecule is C=C(C)c1c2c(cc3ccccc13)C[N+](C)(C)C2.[Br-]. The number of rotatable bonds is 1. The van der Waals surface area contributed by atoms with Crippen molar-refractivity contribution in [3.8, 4) is 0 Å². The van der Waals surface area contributed by atoms with Crippen LogP contribution < -0.4 is 17.0 Å². The Morgan fingerprint density at radius 2 is 1.84 bits per heavy atom. The fourth-order valence-corrected chi connectivity index (χ4v) is 3.20. The van der Waals surface area contributed by atoms with Crippen LogP contribution in [-0.4, -0.2) is 18.6 Å². The first-order chi connectivity index (χ1) is 8.48. The highest BCUT2D eigenvalue weighted by molar-refractivity contribution is 5.95. The molecule has 0 saturated heterocycles. The van der Waals surface area contributed by atoms with Crippen molar-refractivity contribution in [2.75, 3.05) is 14.1 Å². The van der Waals surface area contributed by atoms with Gasteiger partial charge in [0.2, 0.25) is 0 Å². The van der Waals surface area contributed by atoms with Gasteiger partial charge in [0, 0.05) is 11.1 Å². The van der Waals surface area contributed by atoms with E-state index in [0.29, 0.717) is 0 Å². The van der Waals surface area contributed by atoms with Gasteiger partial charge < -0.3 is 21.5 Å². The Kier molecular flexibility index (Phi) is 3.59. The predicted molar refractivity (Wildman–Crippen MR) is 78.2 cm³/mol. The maximum atomic E-state index is 4.19.